The van der Waals surface area contributed by atoms with Gasteiger partial charge in [-0.15, -0.1) is 0 Å². The van der Waals surface area contributed by atoms with Crippen LogP contribution in [0.2, 0.25) is 0 Å². The zero-order valence-corrected chi connectivity index (χ0v) is 18.2. The van der Waals surface area contributed by atoms with Gasteiger partial charge in [0.15, 0.2) is 0 Å². The summed E-state index contributed by atoms with van der Waals surface area (Å²) in [6, 6.07) is 13.5. The SMILES string of the molecule is CC(C)C[C@H](NC(=O)OCc1ccccc1)C(=O)NCC(=O)C(=O)NCc1ccccn1. The number of aromatic nitrogens is 1. The second-order valence-electron chi connectivity index (χ2n) is 7.53. The third-order valence-electron chi connectivity index (χ3n) is 4.36. The highest BCUT2D eigenvalue weighted by Gasteiger charge is 2.24. The highest BCUT2D eigenvalue weighted by Crippen LogP contribution is 2.06. The predicted octanol–water partition coefficient (Wildman–Crippen LogP) is 1.72. The number of rotatable bonds is 11. The van der Waals surface area contributed by atoms with Crippen LogP contribution < -0.4 is 16.0 Å². The average molecular weight is 441 g/mol. The van der Waals surface area contributed by atoms with Crippen molar-refractivity contribution in [2.24, 2.45) is 5.92 Å². The number of ether oxygens (including phenoxy) is 1. The normalized spacial score (nSPS) is 11.3. The average Bonchev–Trinajstić information content (AvgIpc) is 2.80. The molecule has 9 heteroatoms. The van der Waals surface area contributed by atoms with Crippen LogP contribution in [0, 0.1) is 5.92 Å². The van der Waals surface area contributed by atoms with E-state index in [0.717, 1.165) is 5.56 Å². The van der Waals surface area contributed by atoms with E-state index in [9.17, 15) is 19.2 Å². The molecule has 3 N–H and O–H groups in total. The molecule has 0 unspecified atom stereocenters. The van der Waals surface area contributed by atoms with Crippen molar-refractivity contribution >= 4 is 23.7 Å². The lowest BCUT2D eigenvalue weighted by Crippen LogP contribution is -2.49. The van der Waals surface area contributed by atoms with Crippen molar-refractivity contribution in [3.63, 3.8) is 0 Å². The molecule has 9 nitrogen and oxygen atoms in total. The van der Waals surface area contributed by atoms with Crippen LogP contribution in [0.5, 0.6) is 0 Å². The molecular formula is C23H28N4O5. The van der Waals surface area contributed by atoms with E-state index in [1.165, 1.54) is 0 Å². The smallest absolute Gasteiger partial charge is 0.408 e. The minimum Gasteiger partial charge on any atom is -0.445 e. The van der Waals surface area contributed by atoms with Gasteiger partial charge in [0.1, 0.15) is 12.6 Å². The highest BCUT2D eigenvalue weighted by atomic mass is 16.5. The molecule has 2 aromatic rings. The summed E-state index contributed by atoms with van der Waals surface area (Å²) in [5.41, 5.74) is 1.42. The van der Waals surface area contributed by atoms with Crippen molar-refractivity contribution in [3.05, 3.63) is 66.0 Å². The summed E-state index contributed by atoms with van der Waals surface area (Å²) in [7, 11) is 0. The maximum atomic E-state index is 12.5. The van der Waals surface area contributed by atoms with Gasteiger partial charge in [0, 0.05) is 6.20 Å². The zero-order valence-electron chi connectivity index (χ0n) is 18.2. The molecule has 1 aromatic heterocycles. The maximum Gasteiger partial charge on any atom is 0.408 e. The van der Waals surface area contributed by atoms with E-state index < -0.39 is 36.3 Å². The number of ketones is 1. The first-order valence-electron chi connectivity index (χ1n) is 10.3. The van der Waals surface area contributed by atoms with Gasteiger partial charge >= 0.3 is 6.09 Å². The third kappa shape index (κ3) is 8.95. The van der Waals surface area contributed by atoms with E-state index in [4.69, 9.17) is 4.74 Å². The Bertz CT molecular complexity index is 903. The number of alkyl carbamates (subject to hydrolysis) is 1. The van der Waals surface area contributed by atoms with Crippen LogP contribution in [0.3, 0.4) is 0 Å². The van der Waals surface area contributed by atoms with Crippen molar-refractivity contribution in [2.45, 2.75) is 39.5 Å². The lowest BCUT2D eigenvalue weighted by molar-refractivity contribution is -0.138. The second kappa shape index (κ2) is 12.8. The van der Waals surface area contributed by atoms with Gasteiger partial charge in [0.2, 0.25) is 11.7 Å². The van der Waals surface area contributed by atoms with Crippen LogP contribution in [0.1, 0.15) is 31.5 Å². The molecule has 1 atom stereocenters. The van der Waals surface area contributed by atoms with Gasteiger partial charge in [0.25, 0.3) is 5.91 Å². The van der Waals surface area contributed by atoms with Crippen LogP contribution in [0.4, 0.5) is 4.79 Å². The van der Waals surface area contributed by atoms with Gasteiger partial charge in [-0.05, 0) is 30.0 Å². The summed E-state index contributed by atoms with van der Waals surface area (Å²) in [5, 5.41) is 7.39. The molecule has 170 valence electrons. The fraction of sp³-hybridized carbons (Fsp3) is 0.348. The van der Waals surface area contributed by atoms with Crippen molar-refractivity contribution in [3.8, 4) is 0 Å². The summed E-state index contributed by atoms with van der Waals surface area (Å²) < 4.78 is 5.16. The minimum atomic E-state index is -0.900. The van der Waals surface area contributed by atoms with Crippen LogP contribution in [0.15, 0.2) is 54.7 Å². The Labute approximate surface area is 186 Å². The maximum absolute atomic E-state index is 12.5. The van der Waals surface area contributed by atoms with Crippen molar-refractivity contribution in [1.82, 2.24) is 20.9 Å². The second-order valence-corrected chi connectivity index (χ2v) is 7.53. The molecule has 0 saturated heterocycles. The van der Waals surface area contributed by atoms with Gasteiger partial charge in [-0.3, -0.25) is 19.4 Å². The summed E-state index contributed by atoms with van der Waals surface area (Å²) in [4.78, 5) is 52.7. The number of nitrogens with zero attached hydrogens (tertiary/aromatic N) is 1. The van der Waals surface area contributed by atoms with Gasteiger partial charge in [0.05, 0.1) is 18.8 Å². The van der Waals surface area contributed by atoms with Crippen LogP contribution in [-0.4, -0.2) is 41.3 Å². The van der Waals surface area contributed by atoms with Crippen molar-refractivity contribution in [2.75, 3.05) is 6.54 Å². The zero-order chi connectivity index (χ0) is 23.3. The molecule has 0 saturated carbocycles. The number of hydrogen-bond acceptors (Lipinski definition) is 6. The number of benzene rings is 1. The number of amides is 3. The van der Waals surface area contributed by atoms with E-state index in [1.807, 2.05) is 44.2 Å². The largest absolute Gasteiger partial charge is 0.445 e. The van der Waals surface area contributed by atoms with Gasteiger partial charge in [-0.1, -0.05) is 50.2 Å². The molecular weight excluding hydrogens is 412 g/mol. The molecule has 32 heavy (non-hydrogen) atoms. The van der Waals surface area contributed by atoms with E-state index in [-0.39, 0.29) is 19.1 Å². The fourth-order valence-electron chi connectivity index (χ4n) is 2.75. The Morgan fingerprint density at radius 2 is 1.69 bits per heavy atom. The minimum absolute atomic E-state index is 0.0671. The summed E-state index contributed by atoms with van der Waals surface area (Å²) in [6.45, 7) is 3.48. The Morgan fingerprint density at radius 1 is 0.969 bits per heavy atom. The van der Waals surface area contributed by atoms with Crippen molar-refractivity contribution < 1.29 is 23.9 Å². The van der Waals surface area contributed by atoms with E-state index in [1.54, 1.807) is 24.4 Å². The number of carbonyl (C=O) groups is 4. The topological polar surface area (TPSA) is 126 Å². The summed E-state index contributed by atoms with van der Waals surface area (Å²) >= 11 is 0. The number of nitrogens with one attached hydrogen (secondary N) is 3. The molecule has 3 amide bonds. The number of Topliss-reactive ketones (excluding diaryl/α,β-unsaturated/α-hetero) is 1. The lowest BCUT2D eigenvalue weighted by atomic mass is 10.0. The first-order chi connectivity index (χ1) is 15.3. The molecule has 1 heterocycles. The quantitative estimate of drug-likeness (QED) is 0.457. The molecule has 0 fully saturated rings. The first-order valence-corrected chi connectivity index (χ1v) is 10.3. The van der Waals surface area contributed by atoms with E-state index in [2.05, 4.69) is 20.9 Å². The summed E-state index contributed by atoms with van der Waals surface area (Å²) in [5.74, 6) is -2.10. The molecule has 0 aliphatic rings. The molecule has 0 aliphatic carbocycles. The van der Waals surface area contributed by atoms with E-state index in [0.29, 0.717) is 12.1 Å². The molecule has 0 bridgehead atoms. The Hall–Kier alpha value is -3.75. The predicted molar refractivity (Wildman–Crippen MR) is 117 cm³/mol. The lowest BCUT2D eigenvalue weighted by Gasteiger charge is -2.19. The summed E-state index contributed by atoms with van der Waals surface area (Å²) in [6.07, 6.45) is 1.18. The molecule has 0 aliphatic heterocycles. The Balaban J connectivity index is 1.80. The highest BCUT2D eigenvalue weighted by molar-refractivity contribution is 6.37. The molecule has 2 rings (SSSR count). The monoisotopic (exact) mass is 440 g/mol. The molecule has 1 aromatic carbocycles. The molecule has 0 spiro atoms. The first kappa shape index (κ1) is 24.5. The van der Waals surface area contributed by atoms with Crippen LogP contribution >= 0.6 is 0 Å². The Morgan fingerprint density at radius 3 is 2.34 bits per heavy atom. The van der Waals surface area contributed by atoms with Gasteiger partial charge in [-0.25, -0.2) is 4.79 Å². The van der Waals surface area contributed by atoms with Crippen LogP contribution in [0.25, 0.3) is 0 Å². The Kier molecular flexibility index (Phi) is 9.83. The van der Waals surface area contributed by atoms with E-state index >= 15 is 0 Å². The standard InChI is InChI=1S/C23H28N4O5/c1-16(2)12-19(27-23(31)32-15-17-8-4-3-5-9-17)21(29)26-14-20(28)22(30)25-13-18-10-6-7-11-24-18/h3-11,16,19H,12-15H2,1-2H3,(H,25,30)(H,26,29)(H,27,31)/t19-/m0/s1. The molecule has 0 radical (unpaired) electrons. The number of carbonyl (C=O) groups excluding carboxylic acids is 4. The van der Waals surface area contributed by atoms with Gasteiger partial charge in [-0.2, -0.15) is 0 Å². The van der Waals surface area contributed by atoms with Gasteiger partial charge < -0.3 is 20.7 Å². The fourth-order valence-corrected chi connectivity index (χ4v) is 2.75. The number of pyridine rings is 1. The van der Waals surface area contributed by atoms with Crippen molar-refractivity contribution in [1.29, 1.82) is 0 Å². The van der Waals surface area contributed by atoms with Crippen LogP contribution in [-0.2, 0) is 32.3 Å². The number of hydrogen-bond donors (Lipinski definition) is 3. The third-order valence-corrected chi connectivity index (χ3v) is 4.36.